The zero-order chi connectivity index (χ0) is 24.9. The summed E-state index contributed by atoms with van der Waals surface area (Å²) in [7, 11) is 0. The van der Waals surface area contributed by atoms with Crippen LogP contribution in [0.25, 0.3) is 22.3 Å². The molecule has 0 spiro atoms. The van der Waals surface area contributed by atoms with E-state index in [-0.39, 0.29) is 6.54 Å². The first kappa shape index (κ1) is 23.6. The van der Waals surface area contributed by atoms with Gasteiger partial charge in [0.2, 0.25) is 0 Å². The fourth-order valence-corrected chi connectivity index (χ4v) is 5.34. The van der Waals surface area contributed by atoms with Gasteiger partial charge < -0.3 is 14.6 Å². The second-order valence-electron chi connectivity index (χ2n) is 9.65. The summed E-state index contributed by atoms with van der Waals surface area (Å²) in [5, 5.41) is 19.2. The van der Waals surface area contributed by atoms with Gasteiger partial charge in [0.05, 0.1) is 46.9 Å². The minimum Gasteiger partial charge on any atom is -0.465 e. The molecule has 1 N–H and O–H groups in total. The molecule has 1 saturated carbocycles. The molecule has 0 bridgehead atoms. The van der Waals surface area contributed by atoms with Gasteiger partial charge in [-0.1, -0.05) is 42.8 Å². The fourth-order valence-electron chi connectivity index (χ4n) is 5.34. The monoisotopic (exact) mass is 479 g/mol. The third-order valence-corrected chi connectivity index (χ3v) is 7.07. The summed E-state index contributed by atoms with van der Waals surface area (Å²) in [4.78, 5) is 22.9. The van der Waals surface area contributed by atoms with Crippen molar-refractivity contribution in [2.24, 2.45) is 11.8 Å². The molecule has 1 aliphatic carbocycles. The van der Waals surface area contributed by atoms with Gasteiger partial charge in [-0.2, -0.15) is 5.26 Å². The number of rotatable bonds is 7. The van der Waals surface area contributed by atoms with Crippen molar-refractivity contribution in [1.29, 1.82) is 5.26 Å². The van der Waals surface area contributed by atoms with Crippen LogP contribution in [0, 0.1) is 23.2 Å². The predicted molar refractivity (Wildman–Crippen MR) is 138 cm³/mol. The van der Waals surface area contributed by atoms with Crippen LogP contribution in [0.1, 0.15) is 36.9 Å². The molecular weight excluding hydrogens is 450 g/mol. The zero-order valence-electron chi connectivity index (χ0n) is 20.1. The van der Waals surface area contributed by atoms with Crippen molar-refractivity contribution < 1.29 is 9.90 Å². The Hall–Kier alpha value is -4.18. The molecule has 0 aliphatic heterocycles. The van der Waals surface area contributed by atoms with E-state index in [2.05, 4.69) is 15.6 Å². The van der Waals surface area contributed by atoms with Gasteiger partial charge >= 0.3 is 6.09 Å². The van der Waals surface area contributed by atoms with Gasteiger partial charge in [0.15, 0.2) is 0 Å². The number of fused-ring (bicyclic) bond motifs is 1. The second kappa shape index (κ2) is 10.6. The molecule has 2 aromatic carbocycles. The third kappa shape index (κ3) is 5.38. The summed E-state index contributed by atoms with van der Waals surface area (Å²) in [5.41, 5.74) is 5.13. The number of hydrogen-bond donors (Lipinski definition) is 1. The molecule has 1 fully saturated rings. The van der Waals surface area contributed by atoms with Gasteiger partial charge in [-0.15, -0.1) is 0 Å². The van der Waals surface area contributed by atoms with E-state index in [1.54, 1.807) is 6.07 Å². The quantitative estimate of drug-likeness (QED) is 0.353. The molecule has 1 amide bonds. The molecule has 0 radical (unpaired) electrons. The summed E-state index contributed by atoms with van der Waals surface area (Å²) in [6.45, 7) is 1.61. The highest BCUT2D eigenvalue weighted by Gasteiger charge is 2.26. The van der Waals surface area contributed by atoms with Crippen molar-refractivity contribution in [3.63, 3.8) is 0 Å². The summed E-state index contributed by atoms with van der Waals surface area (Å²) in [6, 6.07) is 23.5. The van der Waals surface area contributed by atoms with E-state index < -0.39 is 6.09 Å². The Kier molecular flexibility index (Phi) is 6.94. The van der Waals surface area contributed by atoms with Gasteiger partial charge in [-0.25, -0.2) is 9.78 Å². The van der Waals surface area contributed by atoms with Gasteiger partial charge in [0.25, 0.3) is 0 Å². The highest BCUT2D eigenvalue weighted by Crippen LogP contribution is 2.32. The van der Waals surface area contributed by atoms with Crippen LogP contribution >= 0.6 is 0 Å². The van der Waals surface area contributed by atoms with Crippen molar-refractivity contribution >= 4 is 17.1 Å². The van der Waals surface area contributed by atoms with Gasteiger partial charge in [-0.05, 0) is 61.4 Å². The van der Waals surface area contributed by atoms with E-state index in [4.69, 9.17) is 4.98 Å². The molecule has 0 saturated heterocycles. The summed E-state index contributed by atoms with van der Waals surface area (Å²) in [5.74, 6) is 0.753. The Morgan fingerprint density at radius 1 is 1.08 bits per heavy atom. The number of aromatic nitrogens is 3. The molecule has 182 valence electrons. The van der Waals surface area contributed by atoms with Crippen LogP contribution in [0.2, 0.25) is 0 Å². The maximum atomic E-state index is 12.1. The first-order valence-electron chi connectivity index (χ1n) is 12.4. The van der Waals surface area contributed by atoms with Crippen LogP contribution in [-0.2, 0) is 13.1 Å². The third-order valence-electron chi connectivity index (χ3n) is 7.07. The molecule has 7 nitrogen and oxygen atoms in total. The van der Waals surface area contributed by atoms with E-state index in [9.17, 15) is 15.2 Å². The molecule has 7 heteroatoms. The molecule has 36 heavy (non-hydrogen) atoms. The maximum absolute atomic E-state index is 12.1. The number of amides is 1. The van der Waals surface area contributed by atoms with E-state index in [0.29, 0.717) is 23.9 Å². The summed E-state index contributed by atoms with van der Waals surface area (Å²) < 4.78 is 2.14. The number of carboxylic acid groups (broad SMARTS) is 1. The van der Waals surface area contributed by atoms with Crippen molar-refractivity contribution in [3.8, 4) is 17.3 Å². The normalized spacial score (nSPS) is 17.5. The number of nitriles is 1. The van der Waals surface area contributed by atoms with Crippen LogP contribution in [0.5, 0.6) is 0 Å². The van der Waals surface area contributed by atoms with Crippen LogP contribution in [-0.4, -0.2) is 37.2 Å². The first-order valence-corrected chi connectivity index (χ1v) is 12.4. The Balaban J connectivity index is 1.25. The van der Waals surface area contributed by atoms with E-state index in [0.717, 1.165) is 60.2 Å². The molecule has 4 aromatic rings. The first-order chi connectivity index (χ1) is 17.6. The summed E-state index contributed by atoms with van der Waals surface area (Å²) >= 11 is 0. The summed E-state index contributed by atoms with van der Waals surface area (Å²) in [6.07, 6.45) is 5.14. The Labute approximate surface area is 210 Å². The van der Waals surface area contributed by atoms with Crippen molar-refractivity contribution in [2.45, 2.75) is 38.8 Å². The van der Waals surface area contributed by atoms with E-state index in [1.165, 1.54) is 4.90 Å². The molecule has 2 unspecified atom stereocenters. The average Bonchev–Trinajstić information content (AvgIpc) is 3.31. The Morgan fingerprint density at radius 3 is 2.72 bits per heavy atom. The predicted octanol–water partition coefficient (Wildman–Crippen LogP) is 5.96. The lowest BCUT2D eigenvalue weighted by Gasteiger charge is -2.32. The highest BCUT2D eigenvalue weighted by atomic mass is 16.4. The molecular formula is C29H29N5O2. The standard InChI is InChI=1S/C29H29N5O2/c30-16-21-12-13-27-28(15-21)34(20-31-27)18-23-7-4-6-22(14-23)17-33(29(35)36)19-25-10-5-11-26(32-25)24-8-2-1-3-9-24/h1-3,5,8-13,15,20,22-23H,4,6-7,14,17-19H2,(H,35,36). The van der Waals surface area contributed by atoms with Crippen LogP contribution in [0.3, 0.4) is 0 Å². The number of imidazole rings is 1. The van der Waals surface area contributed by atoms with E-state index in [1.807, 2.05) is 67.0 Å². The Morgan fingerprint density at radius 2 is 1.92 bits per heavy atom. The zero-order valence-corrected chi connectivity index (χ0v) is 20.1. The number of carbonyl (C=O) groups is 1. The lowest BCUT2D eigenvalue weighted by Crippen LogP contribution is -2.36. The molecule has 2 aromatic heterocycles. The lowest BCUT2D eigenvalue weighted by molar-refractivity contribution is 0.119. The highest BCUT2D eigenvalue weighted by molar-refractivity contribution is 5.77. The molecule has 5 rings (SSSR count). The van der Waals surface area contributed by atoms with Crippen LogP contribution in [0.4, 0.5) is 4.79 Å². The maximum Gasteiger partial charge on any atom is 0.407 e. The topological polar surface area (TPSA) is 95.0 Å². The molecule has 2 atom stereocenters. The van der Waals surface area contributed by atoms with E-state index >= 15 is 0 Å². The minimum atomic E-state index is -0.909. The minimum absolute atomic E-state index is 0.278. The van der Waals surface area contributed by atoms with Gasteiger partial charge in [-0.3, -0.25) is 4.98 Å². The van der Waals surface area contributed by atoms with Gasteiger partial charge in [0.1, 0.15) is 0 Å². The second-order valence-corrected chi connectivity index (χ2v) is 9.65. The lowest BCUT2D eigenvalue weighted by atomic mass is 9.81. The Bertz CT molecular complexity index is 1390. The van der Waals surface area contributed by atoms with Gasteiger partial charge in [0, 0.05) is 18.7 Å². The fraction of sp³-hybridized carbons (Fsp3) is 0.310. The average molecular weight is 480 g/mol. The molecule has 2 heterocycles. The van der Waals surface area contributed by atoms with Crippen molar-refractivity contribution in [3.05, 3.63) is 84.3 Å². The SMILES string of the molecule is N#Cc1ccc2ncn(CC3CCCC(CN(Cc4cccc(-c5ccccc5)n4)C(=O)O)C3)c2c1. The number of benzene rings is 2. The largest absolute Gasteiger partial charge is 0.465 e. The number of nitrogens with zero attached hydrogens (tertiary/aromatic N) is 5. The van der Waals surface area contributed by atoms with Crippen LogP contribution in [0.15, 0.2) is 73.1 Å². The van der Waals surface area contributed by atoms with Crippen molar-refractivity contribution in [1.82, 2.24) is 19.4 Å². The number of pyridine rings is 1. The van der Waals surface area contributed by atoms with Crippen LogP contribution < -0.4 is 0 Å². The smallest absolute Gasteiger partial charge is 0.407 e. The van der Waals surface area contributed by atoms with Crippen molar-refractivity contribution in [2.75, 3.05) is 6.54 Å². The molecule has 1 aliphatic rings. The number of hydrogen-bond acceptors (Lipinski definition) is 4.